The molecule has 3 N–H and O–H groups in total. The van der Waals surface area contributed by atoms with Gasteiger partial charge in [-0.2, -0.15) is 0 Å². The molecule has 1 amide bonds. The third-order valence-electron chi connectivity index (χ3n) is 6.20. The molecular weight excluding hydrogens is 329 g/mol. The Morgan fingerprint density at radius 1 is 1.27 bits per heavy atom. The van der Waals surface area contributed by atoms with E-state index in [1.807, 2.05) is 24.3 Å². The molecule has 2 fully saturated rings. The van der Waals surface area contributed by atoms with Gasteiger partial charge >= 0.3 is 0 Å². The summed E-state index contributed by atoms with van der Waals surface area (Å²) in [6.07, 6.45) is 3.00. The number of halogens is 1. The number of hydrogen-bond acceptors (Lipinski definition) is 3. The van der Waals surface area contributed by atoms with Crippen molar-refractivity contribution in [3.8, 4) is 11.1 Å². The third kappa shape index (κ3) is 2.27. The average molecular weight is 351 g/mol. The molecule has 2 atom stereocenters. The Bertz CT molecular complexity index is 896. The van der Waals surface area contributed by atoms with Crippen molar-refractivity contribution in [3.63, 3.8) is 0 Å². The number of rotatable bonds is 2. The monoisotopic (exact) mass is 351 g/mol. The van der Waals surface area contributed by atoms with E-state index in [0.717, 1.165) is 41.9 Å². The molecule has 134 valence electrons. The molecule has 5 rings (SSSR count). The van der Waals surface area contributed by atoms with Crippen molar-refractivity contribution >= 4 is 11.6 Å². The lowest BCUT2D eigenvalue weighted by atomic mass is 9.94. The lowest BCUT2D eigenvalue weighted by Crippen LogP contribution is -2.40. The van der Waals surface area contributed by atoms with Crippen LogP contribution in [0.4, 0.5) is 10.1 Å². The lowest BCUT2D eigenvalue weighted by Gasteiger charge is -2.24. The Kier molecular flexibility index (Phi) is 3.54. The van der Waals surface area contributed by atoms with E-state index in [9.17, 15) is 4.79 Å². The van der Waals surface area contributed by atoms with E-state index in [4.69, 9.17) is 5.73 Å². The molecule has 2 aliphatic heterocycles. The Labute approximate surface area is 152 Å². The fraction of sp³-hybridized carbons (Fsp3) is 0.381. The van der Waals surface area contributed by atoms with Gasteiger partial charge in [0.25, 0.3) is 0 Å². The normalized spacial score (nSPS) is 23.5. The highest BCUT2D eigenvalue weighted by molar-refractivity contribution is 6.01. The number of fused-ring (bicyclic) bond motifs is 4. The van der Waals surface area contributed by atoms with E-state index in [1.54, 1.807) is 0 Å². The second kappa shape index (κ2) is 5.81. The first kappa shape index (κ1) is 15.8. The minimum absolute atomic E-state index is 0.312. The van der Waals surface area contributed by atoms with Crippen LogP contribution in [0.25, 0.3) is 11.1 Å². The van der Waals surface area contributed by atoms with Crippen LogP contribution in [0.5, 0.6) is 0 Å². The zero-order valence-corrected chi connectivity index (χ0v) is 14.6. The third-order valence-corrected chi connectivity index (χ3v) is 6.20. The molecule has 4 nitrogen and oxygen atoms in total. The van der Waals surface area contributed by atoms with Gasteiger partial charge in [-0.15, -0.1) is 0 Å². The summed E-state index contributed by atoms with van der Waals surface area (Å²) in [5.41, 5.74) is 10.4. The fourth-order valence-electron chi connectivity index (χ4n) is 5.02. The van der Waals surface area contributed by atoms with Crippen LogP contribution in [0.1, 0.15) is 34.3 Å². The van der Waals surface area contributed by atoms with E-state index in [-0.39, 0.29) is 5.82 Å². The van der Waals surface area contributed by atoms with E-state index in [1.165, 1.54) is 18.9 Å². The van der Waals surface area contributed by atoms with Crippen LogP contribution in [0.15, 0.2) is 30.3 Å². The number of piperidine rings is 1. The van der Waals surface area contributed by atoms with Crippen molar-refractivity contribution in [2.45, 2.75) is 25.3 Å². The first-order chi connectivity index (χ1) is 12.6. The van der Waals surface area contributed by atoms with Crippen LogP contribution >= 0.6 is 0 Å². The van der Waals surface area contributed by atoms with Gasteiger partial charge in [-0.05, 0) is 54.5 Å². The molecule has 1 aliphatic carbocycles. The first-order valence-corrected chi connectivity index (χ1v) is 9.35. The number of nitrogens with two attached hydrogens (primary N) is 1. The maximum atomic E-state index is 15.2. The van der Waals surface area contributed by atoms with Crippen molar-refractivity contribution < 1.29 is 9.18 Å². The molecule has 2 aromatic rings. The summed E-state index contributed by atoms with van der Waals surface area (Å²) >= 11 is 0. The number of carbonyl (C=O) groups excluding carboxylic acids is 1. The SMILES string of the molecule is NC(=O)c1cc(F)c(N2CC3CCCNC3C2)c2c1Cc1ccccc1-2. The number of amides is 1. The maximum absolute atomic E-state index is 15.2. The van der Waals surface area contributed by atoms with Crippen molar-refractivity contribution in [2.24, 2.45) is 11.7 Å². The van der Waals surface area contributed by atoms with Crippen molar-refractivity contribution in [3.05, 3.63) is 52.8 Å². The van der Waals surface area contributed by atoms with Gasteiger partial charge in [0.05, 0.1) is 5.69 Å². The standard InChI is InChI=1S/C21H22FN3O/c22-17-9-16(21(23)26)15-8-12-4-1-2-6-14(12)19(15)20(17)25-10-13-5-3-7-24-18(13)11-25/h1-2,4,6,9,13,18,24H,3,5,7-8,10-11H2,(H2,23,26). The number of anilines is 1. The van der Waals surface area contributed by atoms with Crippen LogP contribution in [-0.4, -0.2) is 31.6 Å². The van der Waals surface area contributed by atoms with Gasteiger partial charge in [0.15, 0.2) is 0 Å². The summed E-state index contributed by atoms with van der Waals surface area (Å²) in [5, 5.41) is 3.58. The van der Waals surface area contributed by atoms with Crippen LogP contribution < -0.4 is 16.0 Å². The smallest absolute Gasteiger partial charge is 0.249 e. The molecule has 0 aromatic heterocycles. The highest BCUT2D eigenvalue weighted by atomic mass is 19.1. The van der Waals surface area contributed by atoms with Crippen LogP contribution in [0, 0.1) is 11.7 Å². The Hall–Kier alpha value is -2.40. The van der Waals surface area contributed by atoms with Crippen LogP contribution in [0.3, 0.4) is 0 Å². The van der Waals surface area contributed by atoms with Gasteiger partial charge in [0.1, 0.15) is 5.82 Å². The molecule has 2 unspecified atom stereocenters. The van der Waals surface area contributed by atoms with Gasteiger partial charge in [0, 0.05) is 30.3 Å². The van der Waals surface area contributed by atoms with Gasteiger partial charge in [0.2, 0.25) is 5.91 Å². The quantitative estimate of drug-likeness (QED) is 0.746. The summed E-state index contributed by atoms with van der Waals surface area (Å²) in [4.78, 5) is 14.1. The molecule has 0 radical (unpaired) electrons. The minimum Gasteiger partial charge on any atom is -0.367 e. The Balaban J connectivity index is 1.68. The molecule has 0 spiro atoms. The summed E-state index contributed by atoms with van der Waals surface area (Å²) in [7, 11) is 0. The molecule has 3 aliphatic rings. The zero-order chi connectivity index (χ0) is 17.8. The summed E-state index contributed by atoms with van der Waals surface area (Å²) in [6.45, 7) is 2.71. The fourth-order valence-corrected chi connectivity index (χ4v) is 5.02. The number of benzene rings is 2. The Morgan fingerprint density at radius 2 is 2.12 bits per heavy atom. The predicted octanol–water partition coefficient (Wildman–Crippen LogP) is 2.68. The van der Waals surface area contributed by atoms with E-state index in [0.29, 0.717) is 29.6 Å². The number of primary amides is 1. The molecule has 26 heavy (non-hydrogen) atoms. The lowest BCUT2D eigenvalue weighted by molar-refractivity contribution is 0.0999. The number of carbonyl (C=O) groups is 1. The second-order valence-corrected chi connectivity index (χ2v) is 7.67. The number of nitrogens with zero attached hydrogens (tertiary/aromatic N) is 1. The van der Waals surface area contributed by atoms with E-state index in [2.05, 4.69) is 10.2 Å². The van der Waals surface area contributed by atoms with Crippen LogP contribution in [0.2, 0.25) is 0 Å². The number of hydrogen-bond donors (Lipinski definition) is 2. The van der Waals surface area contributed by atoms with Gasteiger partial charge in [-0.1, -0.05) is 24.3 Å². The summed E-state index contributed by atoms with van der Waals surface area (Å²) in [6, 6.07) is 9.80. The zero-order valence-electron chi connectivity index (χ0n) is 14.6. The highest BCUT2D eigenvalue weighted by Crippen LogP contribution is 2.47. The van der Waals surface area contributed by atoms with Crippen molar-refractivity contribution in [1.82, 2.24) is 5.32 Å². The second-order valence-electron chi connectivity index (χ2n) is 7.67. The molecule has 0 bridgehead atoms. The largest absolute Gasteiger partial charge is 0.367 e. The molecule has 0 saturated carbocycles. The highest BCUT2D eigenvalue weighted by Gasteiger charge is 2.38. The number of nitrogens with one attached hydrogen (secondary N) is 1. The molecule has 2 aromatic carbocycles. The van der Waals surface area contributed by atoms with Crippen molar-refractivity contribution in [2.75, 3.05) is 24.5 Å². The average Bonchev–Trinajstić information content (AvgIpc) is 3.22. The first-order valence-electron chi connectivity index (χ1n) is 9.35. The summed E-state index contributed by atoms with van der Waals surface area (Å²) in [5.74, 6) is -0.338. The maximum Gasteiger partial charge on any atom is 0.249 e. The Morgan fingerprint density at radius 3 is 2.92 bits per heavy atom. The van der Waals surface area contributed by atoms with Crippen LogP contribution in [-0.2, 0) is 6.42 Å². The predicted molar refractivity (Wildman–Crippen MR) is 99.9 cm³/mol. The van der Waals surface area contributed by atoms with E-state index < -0.39 is 5.91 Å². The summed E-state index contributed by atoms with van der Waals surface area (Å²) < 4.78 is 15.2. The molecular formula is C21H22FN3O. The van der Waals surface area contributed by atoms with Gasteiger partial charge < -0.3 is 16.0 Å². The molecule has 2 saturated heterocycles. The van der Waals surface area contributed by atoms with E-state index >= 15 is 4.39 Å². The molecule has 5 heteroatoms. The minimum atomic E-state index is -0.559. The van der Waals surface area contributed by atoms with Crippen molar-refractivity contribution in [1.29, 1.82) is 0 Å². The topological polar surface area (TPSA) is 58.4 Å². The molecule has 2 heterocycles. The van der Waals surface area contributed by atoms with Gasteiger partial charge in [-0.3, -0.25) is 4.79 Å². The van der Waals surface area contributed by atoms with Gasteiger partial charge in [-0.25, -0.2) is 4.39 Å².